The van der Waals surface area contributed by atoms with E-state index < -0.39 is 15.9 Å². The largest absolute Gasteiger partial charge is 0.510 e. The molecule has 130 valence electrons. The van der Waals surface area contributed by atoms with E-state index in [1.807, 2.05) is 6.07 Å². The number of azo groups is 1. The van der Waals surface area contributed by atoms with Crippen molar-refractivity contribution < 1.29 is 18.3 Å². The van der Waals surface area contributed by atoms with Crippen molar-refractivity contribution in [1.29, 1.82) is 0 Å². The molecule has 0 radical (unpaired) electrons. The fourth-order valence-corrected chi connectivity index (χ4v) is 2.32. The van der Waals surface area contributed by atoms with Crippen LogP contribution in [0.15, 0.2) is 81.2 Å². The van der Waals surface area contributed by atoms with Crippen LogP contribution >= 0.6 is 0 Å². The second kappa shape index (κ2) is 7.69. The lowest BCUT2D eigenvalue weighted by Crippen LogP contribution is -2.15. The fraction of sp³-hybridized carbons (Fsp3) is 0.0625. The predicted molar refractivity (Wildman–Crippen MR) is 92.7 cm³/mol. The highest BCUT2D eigenvalue weighted by atomic mass is 32.2. The zero-order valence-corrected chi connectivity index (χ0v) is 14.1. The van der Waals surface area contributed by atoms with Gasteiger partial charge >= 0.3 is 0 Å². The molecule has 0 saturated heterocycles. The molecule has 0 saturated carbocycles. The average molecular weight is 360 g/mol. The van der Waals surface area contributed by atoms with Crippen LogP contribution in [0.5, 0.6) is 0 Å². The Labute approximate surface area is 144 Å². The van der Waals surface area contributed by atoms with Crippen LogP contribution in [0.4, 0.5) is 11.4 Å². The third-order valence-electron chi connectivity index (χ3n) is 3.02. The van der Waals surface area contributed by atoms with Crippen molar-refractivity contribution in [1.82, 2.24) is 0 Å². The summed E-state index contributed by atoms with van der Waals surface area (Å²) >= 11 is 0. The van der Waals surface area contributed by atoms with Gasteiger partial charge in [-0.25, -0.2) is 13.6 Å². The molecule has 0 aliphatic carbocycles. The standard InChI is InChI=1S/C16H16N4O4S/c1-11(21)15(20-19-13-5-3-2-4-6-13)16(22)18-12-7-9-14(10-8-12)25(17,23)24/h2-10,21H,1H3,(H,18,22)(H2,17,23,24)/b15-11+,20-19?. The van der Waals surface area contributed by atoms with Crippen LogP contribution in [0.1, 0.15) is 6.92 Å². The Balaban J connectivity index is 2.16. The molecular formula is C16H16N4O4S. The number of rotatable bonds is 5. The number of aliphatic hydroxyl groups excluding tert-OH is 1. The SMILES string of the molecule is C/C(O)=C(\N=Nc1ccccc1)C(=O)Nc1ccc(S(N)(=O)=O)cc1. The van der Waals surface area contributed by atoms with Gasteiger partial charge in [-0.2, -0.15) is 5.11 Å². The van der Waals surface area contributed by atoms with Gasteiger partial charge in [0.2, 0.25) is 10.0 Å². The first-order chi connectivity index (χ1) is 11.8. The first-order valence-corrected chi connectivity index (χ1v) is 8.63. The molecule has 0 fully saturated rings. The Morgan fingerprint density at radius 3 is 2.20 bits per heavy atom. The molecule has 0 aliphatic heterocycles. The molecular weight excluding hydrogens is 344 g/mol. The number of benzene rings is 2. The third kappa shape index (κ3) is 5.23. The minimum atomic E-state index is -3.81. The number of carbonyl (C=O) groups is 1. The molecule has 0 atom stereocenters. The number of allylic oxidation sites excluding steroid dienone is 1. The van der Waals surface area contributed by atoms with Crippen molar-refractivity contribution in [3.05, 3.63) is 66.1 Å². The van der Waals surface area contributed by atoms with E-state index in [-0.39, 0.29) is 16.4 Å². The maximum absolute atomic E-state index is 12.2. The molecule has 2 rings (SSSR count). The van der Waals surface area contributed by atoms with Gasteiger partial charge in [0, 0.05) is 5.69 Å². The molecule has 1 amide bonds. The summed E-state index contributed by atoms with van der Waals surface area (Å²) in [6.07, 6.45) is 0. The molecule has 0 heterocycles. The summed E-state index contributed by atoms with van der Waals surface area (Å²) < 4.78 is 22.4. The number of aliphatic hydroxyl groups is 1. The molecule has 0 bridgehead atoms. The van der Waals surface area contributed by atoms with Crippen molar-refractivity contribution in [2.24, 2.45) is 15.4 Å². The molecule has 25 heavy (non-hydrogen) atoms. The summed E-state index contributed by atoms with van der Waals surface area (Å²) in [6, 6.07) is 14.0. The number of amides is 1. The van der Waals surface area contributed by atoms with Crippen LogP contribution in [0, 0.1) is 0 Å². The number of nitrogens with zero attached hydrogens (tertiary/aromatic N) is 2. The lowest BCUT2D eigenvalue weighted by atomic mass is 10.3. The number of sulfonamides is 1. The topological polar surface area (TPSA) is 134 Å². The van der Waals surface area contributed by atoms with Gasteiger partial charge in [-0.3, -0.25) is 4.79 Å². The number of primary sulfonamides is 1. The molecule has 0 spiro atoms. The summed E-state index contributed by atoms with van der Waals surface area (Å²) in [6.45, 7) is 1.31. The fourth-order valence-electron chi connectivity index (χ4n) is 1.80. The Bertz CT molecular complexity index is 916. The lowest BCUT2D eigenvalue weighted by molar-refractivity contribution is -0.113. The number of carbonyl (C=O) groups excluding carboxylic acids is 1. The van der Waals surface area contributed by atoms with Gasteiger partial charge in [0.1, 0.15) is 5.76 Å². The number of anilines is 1. The highest BCUT2D eigenvalue weighted by molar-refractivity contribution is 7.89. The number of nitrogens with one attached hydrogen (secondary N) is 1. The molecule has 8 nitrogen and oxygen atoms in total. The molecule has 0 aromatic heterocycles. The predicted octanol–water partition coefficient (Wildman–Crippen LogP) is 2.85. The molecule has 0 unspecified atom stereocenters. The van der Waals surface area contributed by atoms with Gasteiger partial charge in [0.15, 0.2) is 5.70 Å². The van der Waals surface area contributed by atoms with E-state index in [1.165, 1.54) is 31.2 Å². The van der Waals surface area contributed by atoms with Crippen LogP contribution in [-0.2, 0) is 14.8 Å². The van der Waals surface area contributed by atoms with E-state index in [4.69, 9.17) is 5.14 Å². The number of nitrogens with two attached hydrogens (primary N) is 1. The zero-order chi connectivity index (χ0) is 18.4. The first kappa shape index (κ1) is 18.3. The van der Waals surface area contributed by atoms with Crippen molar-refractivity contribution in [2.75, 3.05) is 5.32 Å². The van der Waals surface area contributed by atoms with E-state index >= 15 is 0 Å². The van der Waals surface area contributed by atoms with Crippen molar-refractivity contribution in [2.45, 2.75) is 11.8 Å². The van der Waals surface area contributed by atoms with Crippen LogP contribution in [0.2, 0.25) is 0 Å². The molecule has 4 N–H and O–H groups in total. The lowest BCUT2D eigenvalue weighted by Gasteiger charge is -2.06. The van der Waals surface area contributed by atoms with Crippen LogP contribution in [0.25, 0.3) is 0 Å². The van der Waals surface area contributed by atoms with E-state index in [2.05, 4.69) is 15.5 Å². The van der Waals surface area contributed by atoms with Gasteiger partial charge in [0.25, 0.3) is 5.91 Å². The van der Waals surface area contributed by atoms with Gasteiger partial charge < -0.3 is 10.4 Å². The smallest absolute Gasteiger partial charge is 0.279 e. The summed E-state index contributed by atoms with van der Waals surface area (Å²) in [7, 11) is -3.81. The maximum Gasteiger partial charge on any atom is 0.279 e. The maximum atomic E-state index is 12.2. The van der Waals surface area contributed by atoms with Gasteiger partial charge in [-0.05, 0) is 43.3 Å². The van der Waals surface area contributed by atoms with Crippen molar-refractivity contribution in [3.63, 3.8) is 0 Å². The summed E-state index contributed by atoms with van der Waals surface area (Å²) in [5.74, 6) is -0.999. The highest BCUT2D eigenvalue weighted by Crippen LogP contribution is 2.17. The Morgan fingerprint density at radius 1 is 1.08 bits per heavy atom. The van der Waals surface area contributed by atoms with Crippen LogP contribution < -0.4 is 10.5 Å². The summed E-state index contributed by atoms with van der Waals surface area (Å²) in [5.41, 5.74) is 0.567. The number of hydrogen-bond donors (Lipinski definition) is 3. The van der Waals surface area contributed by atoms with Crippen LogP contribution in [-0.4, -0.2) is 19.4 Å². The summed E-state index contributed by atoms with van der Waals surface area (Å²) in [5, 5.41) is 24.8. The highest BCUT2D eigenvalue weighted by Gasteiger charge is 2.14. The van der Waals surface area contributed by atoms with Crippen molar-refractivity contribution in [3.8, 4) is 0 Å². The zero-order valence-electron chi connectivity index (χ0n) is 13.2. The minimum Gasteiger partial charge on any atom is -0.510 e. The van der Waals surface area contributed by atoms with Gasteiger partial charge in [-0.1, -0.05) is 18.2 Å². The van der Waals surface area contributed by atoms with Crippen LogP contribution in [0.3, 0.4) is 0 Å². The van der Waals surface area contributed by atoms with E-state index in [9.17, 15) is 18.3 Å². The molecule has 0 aliphatic rings. The average Bonchev–Trinajstić information content (AvgIpc) is 2.55. The van der Waals surface area contributed by atoms with E-state index in [1.54, 1.807) is 24.3 Å². The second-order valence-electron chi connectivity index (χ2n) is 4.99. The summed E-state index contributed by atoms with van der Waals surface area (Å²) in [4.78, 5) is 12.2. The monoisotopic (exact) mass is 360 g/mol. The third-order valence-corrected chi connectivity index (χ3v) is 3.95. The van der Waals surface area contributed by atoms with E-state index in [0.717, 1.165) is 0 Å². The van der Waals surface area contributed by atoms with Gasteiger partial charge in [-0.15, -0.1) is 5.11 Å². The molecule has 2 aromatic carbocycles. The molecule has 9 heteroatoms. The van der Waals surface area contributed by atoms with E-state index in [0.29, 0.717) is 11.4 Å². The normalized spacial score (nSPS) is 12.7. The first-order valence-electron chi connectivity index (χ1n) is 7.08. The molecule has 2 aromatic rings. The van der Waals surface area contributed by atoms with Crippen molar-refractivity contribution >= 4 is 27.3 Å². The second-order valence-corrected chi connectivity index (χ2v) is 6.55. The van der Waals surface area contributed by atoms with Gasteiger partial charge in [0.05, 0.1) is 10.6 Å². The quantitative estimate of drug-likeness (QED) is 0.429. The minimum absolute atomic E-state index is 0.0802. The Hall–Kier alpha value is -3.04. The Kier molecular flexibility index (Phi) is 5.63. The Morgan fingerprint density at radius 2 is 1.68 bits per heavy atom. The number of hydrogen-bond acceptors (Lipinski definition) is 6.